The molecular weight excluding hydrogens is 362 g/mol. The third-order valence-electron chi connectivity index (χ3n) is 4.89. The molecule has 140 valence electrons. The fourth-order valence-corrected chi connectivity index (χ4v) is 4.02. The Kier molecular flexibility index (Phi) is 5.81. The fourth-order valence-electron chi connectivity index (χ4n) is 3.88. The van der Waals surface area contributed by atoms with Crippen molar-refractivity contribution in [3.05, 3.63) is 71.4 Å². The molecule has 0 fully saturated rings. The Morgan fingerprint density at radius 2 is 1.85 bits per heavy atom. The van der Waals surface area contributed by atoms with E-state index in [0.717, 1.165) is 23.2 Å². The smallest absolute Gasteiger partial charge is 0.238 e. The summed E-state index contributed by atoms with van der Waals surface area (Å²) in [5, 5.41) is 1.25. The van der Waals surface area contributed by atoms with Gasteiger partial charge in [0.2, 0.25) is 12.3 Å². The highest BCUT2D eigenvalue weighted by Gasteiger charge is 2.37. The van der Waals surface area contributed by atoms with Crippen LogP contribution in [-0.4, -0.2) is 34.1 Å². The molecule has 0 bridgehead atoms. The number of primary amides is 1. The van der Waals surface area contributed by atoms with Gasteiger partial charge in [-0.2, -0.15) is 0 Å². The van der Waals surface area contributed by atoms with Gasteiger partial charge < -0.3 is 15.6 Å². The van der Waals surface area contributed by atoms with Gasteiger partial charge in [-0.15, -0.1) is 11.6 Å². The second-order valence-corrected chi connectivity index (χ2v) is 6.77. The maximum absolute atomic E-state index is 12.6. The number of aromatic amines is 1. The van der Waals surface area contributed by atoms with Crippen molar-refractivity contribution in [3.8, 4) is 0 Å². The summed E-state index contributed by atoms with van der Waals surface area (Å²) >= 11 is 5.91. The Bertz CT molecular complexity index is 939. The zero-order valence-corrected chi connectivity index (χ0v) is 15.8. The van der Waals surface area contributed by atoms with Crippen LogP contribution in [-0.2, 0) is 16.0 Å². The molecule has 27 heavy (non-hydrogen) atoms. The van der Waals surface area contributed by atoms with Crippen molar-refractivity contribution in [2.75, 3.05) is 5.88 Å². The average molecular weight is 384 g/mol. The molecule has 0 aliphatic carbocycles. The van der Waals surface area contributed by atoms with Crippen molar-refractivity contribution in [1.29, 1.82) is 0 Å². The van der Waals surface area contributed by atoms with E-state index in [4.69, 9.17) is 16.4 Å². The van der Waals surface area contributed by atoms with E-state index in [1.165, 1.54) is 10.9 Å². The first kappa shape index (κ1) is 19.0. The molecule has 2 amide bonds. The second kappa shape index (κ2) is 8.27. The lowest BCUT2D eigenvalue weighted by Gasteiger charge is -2.40. The van der Waals surface area contributed by atoms with E-state index in [0.29, 0.717) is 0 Å². The highest BCUT2D eigenvalue weighted by molar-refractivity contribution is 6.27. The number of hydrogen-bond donors (Lipinski definition) is 2. The molecule has 2 heterocycles. The van der Waals surface area contributed by atoms with Crippen molar-refractivity contribution in [3.63, 3.8) is 0 Å². The van der Waals surface area contributed by atoms with E-state index in [9.17, 15) is 4.79 Å². The van der Waals surface area contributed by atoms with Crippen molar-refractivity contribution in [1.82, 2.24) is 9.88 Å². The standard InChI is InChI=1S/C20H19ClN2O.CH3NO/c1-13-11-16-15-9-5-6-10-17(15)22-19(16)20(23(13)18(24)12-21)14-7-3-2-4-8-14;2-1-3/h2-10,13,20,22H,11-12H2,1H3;1H,(H2,2,3). The number of aromatic nitrogens is 1. The van der Waals surface area contributed by atoms with Crippen LogP contribution in [0.4, 0.5) is 0 Å². The number of benzene rings is 2. The van der Waals surface area contributed by atoms with Gasteiger partial charge in [-0.05, 0) is 30.5 Å². The van der Waals surface area contributed by atoms with Crippen LogP contribution in [0.1, 0.15) is 29.8 Å². The molecule has 6 heteroatoms. The number of nitrogens with two attached hydrogens (primary N) is 1. The molecule has 0 radical (unpaired) electrons. The minimum Gasteiger partial charge on any atom is -0.372 e. The summed E-state index contributed by atoms with van der Waals surface area (Å²) in [5.41, 5.74) is 8.82. The summed E-state index contributed by atoms with van der Waals surface area (Å²) in [4.78, 5) is 26.6. The van der Waals surface area contributed by atoms with E-state index >= 15 is 0 Å². The average Bonchev–Trinajstić information content (AvgIpc) is 3.06. The summed E-state index contributed by atoms with van der Waals surface area (Å²) in [6.07, 6.45) is 1.09. The first-order valence-electron chi connectivity index (χ1n) is 8.79. The monoisotopic (exact) mass is 383 g/mol. The van der Waals surface area contributed by atoms with Gasteiger partial charge in [-0.3, -0.25) is 9.59 Å². The molecule has 1 aromatic heterocycles. The molecule has 3 N–H and O–H groups in total. The Hall–Kier alpha value is -2.79. The topological polar surface area (TPSA) is 79.2 Å². The van der Waals surface area contributed by atoms with Gasteiger partial charge in [0, 0.05) is 22.6 Å². The molecule has 2 aromatic carbocycles. The minimum atomic E-state index is -0.122. The molecule has 4 rings (SSSR count). The van der Waals surface area contributed by atoms with Crippen LogP contribution in [0.25, 0.3) is 10.9 Å². The number of rotatable bonds is 2. The number of amides is 2. The Morgan fingerprint density at radius 3 is 2.52 bits per heavy atom. The highest BCUT2D eigenvalue weighted by Crippen LogP contribution is 2.40. The normalized spacial score (nSPS) is 18.4. The van der Waals surface area contributed by atoms with Crippen molar-refractivity contribution in [2.45, 2.75) is 25.4 Å². The summed E-state index contributed by atoms with van der Waals surface area (Å²) in [5.74, 6) is -0.0224. The minimum absolute atomic E-state index is 0.00321. The maximum Gasteiger partial charge on any atom is 0.238 e. The number of nitrogens with zero attached hydrogens (tertiary/aromatic N) is 1. The number of alkyl halides is 1. The largest absolute Gasteiger partial charge is 0.372 e. The number of carbonyl (C=O) groups excluding carboxylic acids is 2. The Balaban J connectivity index is 0.000000659. The number of fused-ring (bicyclic) bond motifs is 3. The molecule has 5 nitrogen and oxygen atoms in total. The summed E-state index contributed by atoms with van der Waals surface area (Å²) < 4.78 is 0. The van der Waals surface area contributed by atoms with Crippen molar-refractivity contribution < 1.29 is 9.59 Å². The van der Waals surface area contributed by atoms with Crippen LogP contribution in [0, 0.1) is 0 Å². The van der Waals surface area contributed by atoms with Gasteiger partial charge in [-0.1, -0.05) is 48.5 Å². The lowest BCUT2D eigenvalue weighted by molar-refractivity contribution is -0.133. The van der Waals surface area contributed by atoms with Crippen LogP contribution in [0.15, 0.2) is 54.6 Å². The van der Waals surface area contributed by atoms with E-state index in [2.05, 4.69) is 48.0 Å². The fraction of sp³-hybridized carbons (Fsp3) is 0.238. The lowest BCUT2D eigenvalue weighted by Crippen LogP contribution is -2.46. The Morgan fingerprint density at radius 1 is 1.22 bits per heavy atom. The maximum atomic E-state index is 12.6. The van der Waals surface area contributed by atoms with Crippen LogP contribution in [0.5, 0.6) is 0 Å². The molecule has 0 saturated heterocycles. The van der Waals surface area contributed by atoms with Crippen molar-refractivity contribution in [2.24, 2.45) is 5.73 Å². The predicted molar refractivity (Wildman–Crippen MR) is 108 cm³/mol. The van der Waals surface area contributed by atoms with Gasteiger partial charge in [0.05, 0.1) is 6.04 Å². The number of carbonyl (C=O) groups is 2. The van der Waals surface area contributed by atoms with Gasteiger partial charge in [-0.25, -0.2) is 0 Å². The van der Waals surface area contributed by atoms with E-state index < -0.39 is 0 Å². The van der Waals surface area contributed by atoms with Crippen LogP contribution in [0.3, 0.4) is 0 Å². The molecule has 2 unspecified atom stereocenters. The summed E-state index contributed by atoms with van der Waals surface area (Å²) in [6.45, 7) is 2.10. The van der Waals surface area contributed by atoms with Gasteiger partial charge >= 0.3 is 0 Å². The second-order valence-electron chi connectivity index (χ2n) is 6.50. The molecule has 1 aliphatic rings. The third kappa shape index (κ3) is 3.55. The molecular formula is C21H22ClN3O2. The molecule has 3 aromatic rings. The zero-order chi connectivity index (χ0) is 19.4. The third-order valence-corrected chi connectivity index (χ3v) is 5.12. The predicted octanol–water partition coefficient (Wildman–Crippen LogP) is 3.37. The number of halogens is 1. The Labute approximate surface area is 163 Å². The van der Waals surface area contributed by atoms with E-state index in [-0.39, 0.29) is 30.3 Å². The first-order valence-corrected chi connectivity index (χ1v) is 9.32. The SMILES string of the molecule is CC1Cc2c([nH]c3ccccc23)C(c2ccccc2)N1C(=O)CCl.NC=O. The summed E-state index contributed by atoms with van der Waals surface area (Å²) in [6, 6.07) is 18.5. The molecule has 1 aliphatic heterocycles. The van der Waals surface area contributed by atoms with Crippen LogP contribution in [0.2, 0.25) is 0 Å². The summed E-state index contributed by atoms with van der Waals surface area (Å²) in [7, 11) is 0. The van der Waals surface area contributed by atoms with E-state index in [1.54, 1.807) is 0 Å². The van der Waals surface area contributed by atoms with Gasteiger partial charge in [0.15, 0.2) is 0 Å². The number of H-pyrrole nitrogens is 1. The molecule has 2 atom stereocenters. The van der Waals surface area contributed by atoms with Crippen LogP contribution < -0.4 is 5.73 Å². The number of hydrogen-bond acceptors (Lipinski definition) is 2. The number of nitrogens with one attached hydrogen (secondary N) is 1. The van der Waals surface area contributed by atoms with Crippen LogP contribution >= 0.6 is 11.6 Å². The van der Waals surface area contributed by atoms with Crippen molar-refractivity contribution >= 4 is 34.8 Å². The first-order chi connectivity index (χ1) is 13.1. The highest BCUT2D eigenvalue weighted by atomic mass is 35.5. The van der Waals surface area contributed by atoms with Gasteiger partial charge in [0.25, 0.3) is 0 Å². The molecule has 0 saturated carbocycles. The quantitative estimate of drug-likeness (QED) is 0.525. The number of para-hydroxylation sites is 1. The zero-order valence-electron chi connectivity index (χ0n) is 15.1. The van der Waals surface area contributed by atoms with Gasteiger partial charge in [0.1, 0.15) is 5.88 Å². The lowest BCUT2D eigenvalue weighted by atomic mass is 9.88. The molecule has 0 spiro atoms. The van der Waals surface area contributed by atoms with E-state index in [1.807, 2.05) is 29.2 Å².